The summed E-state index contributed by atoms with van der Waals surface area (Å²) in [5.74, 6) is 0.813. The van der Waals surface area contributed by atoms with E-state index >= 15 is 0 Å². The maximum absolute atomic E-state index is 12.3. The Labute approximate surface area is 124 Å². The van der Waals surface area contributed by atoms with Crippen molar-refractivity contribution >= 4 is 11.7 Å². The molecule has 0 bridgehead atoms. The average Bonchev–Trinajstić information content (AvgIpc) is 2.97. The second-order valence-corrected chi connectivity index (χ2v) is 5.33. The molecule has 1 aliphatic rings. The van der Waals surface area contributed by atoms with Crippen LogP contribution in [0.1, 0.15) is 23.6 Å². The van der Waals surface area contributed by atoms with Crippen molar-refractivity contribution in [3.63, 3.8) is 0 Å². The third-order valence-corrected chi connectivity index (χ3v) is 4.05. The number of anilines is 1. The predicted octanol–water partition coefficient (Wildman–Crippen LogP) is 2.64. The number of hydrogen-bond acceptors (Lipinski definition) is 3. The van der Waals surface area contributed by atoms with Crippen LogP contribution in [0, 0.1) is 0 Å². The van der Waals surface area contributed by atoms with Crippen molar-refractivity contribution < 1.29 is 4.79 Å². The van der Waals surface area contributed by atoms with Gasteiger partial charge in [0.25, 0.3) is 0 Å². The molecule has 1 aliphatic carbocycles. The Hall–Kier alpha value is -2.36. The smallest absolute Gasteiger partial charge is 0.242 e. The number of hydrogen-bond donors (Lipinski definition) is 1. The number of benzene rings is 1. The van der Waals surface area contributed by atoms with Crippen LogP contribution in [0.2, 0.25) is 0 Å². The van der Waals surface area contributed by atoms with Gasteiger partial charge in [0.15, 0.2) is 0 Å². The van der Waals surface area contributed by atoms with Crippen LogP contribution in [0.25, 0.3) is 0 Å². The number of aromatic nitrogens is 1. The first-order chi connectivity index (χ1) is 10.3. The molecule has 0 fully saturated rings. The van der Waals surface area contributed by atoms with Gasteiger partial charge in [-0.05, 0) is 36.1 Å². The second-order valence-electron chi connectivity index (χ2n) is 5.33. The highest BCUT2D eigenvalue weighted by molar-refractivity contribution is 5.81. The average molecular weight is 281 g/mol. The Bertz CT molecular complexity index is 627. The zero-order valence-electron chi connectivity index (χ0n) is 12.1. The lowest BCUT2D eigenvalue weighted by Gasteiger charge is -2.25. The summed E-state index contributed by atoms with van der Waals surface area (Å²) in [6.07, 6.45) is 3.76. The van der Waals surface area contributed by atoms with Crippen LogP contribution >= 0.6 is 0 Å². The van der Waals surface area contributed by atoms with Crippen molar-refractivity contribution in [3.05, 3.63) is 59.8 Å². The van der Waals surface area contributed by atoms with Crippen molar-refractivity contribution in [3.8, 4) is 0 Å². The first-order valence-corrected chi connectivity index (χ1v) is 7.24. The molecule has 1 aromatic heterocycles. The molecule has 3 rings (SSSR count). The van der Waals surface area contributed by atoms with E-state index in [1.807, 2.05) is 36.2 Å². The van der Waals surface area contributed by atoms with Crippen molar-refractivity contribution in [1.82, 2.24) is 9.88 Å². The van der Waals surface area contributed by atoms with E-state index in [0.29, 0.717) is 0 Å². The van der Waals surface area contributed by atoms with Gasteiger partial charge in [-0.3, -0.25) is 4.79 Å². The zero-order chi connectivity index (χ0) is 14.7. The maximum Gasteiger partial charge on any atom is 0.242 e. The normalized spacial score (nSPS) is 16.3. The fourth-order valence-corrected chi connectivity index (χ4v) is 2.87. The molecule has 0 saturated heterocycles. The lowest BCUT2D eigenvalue weighted by Crippen LogP contribution is -2.34. The molecule has 1 unspecified atom stereocenters. The fraction of sp³-hybridized carbons (Fsp3) is 0.294. The van der Waals surface area contributed by atoms with Crippen molar-refractivity contribution in [2.24, 2.45) is 0 Å². The third-order valence-electron chi connectivity index (χ3n) is 4.05. The Morgan fingerprint density at radius 3 is 2.90 bits per heavy atom. The topological polar surface area (TPSA) is 45.2 Å². The second kappa shape index (κ2) is 5.95. The Morgan fingerprint density at radius 1 is 1.29 bits per heavy atom. The predicted molar refractivity (Wildman–Crippen MR) is 83.0 cm³/mol. The van der Waals surface area contributed by atoms with Crippen molar-refractivity contribution in [1.29, 1.82) is 0 Å². The minimum Gasteiger partial charge on any atom is -0.361 e. The van der Waals surface area contributed by atoms with E-state index in [0.717, 1.165) is 18.7 Å². The summed E-state index contributed by atoms with van der Waals surface area (Å²) in [5, 5.41) is 3.07. The van der Waals surface area contributed by atoms with Gasteiger partial charge in [0.1, 0.15) is 5.82 Å². The molecule has 0 aliphatic heterocycles. The van der Waals surface area contributed by atoms with E-state index < -0.39 is 0 Å². The van der Waals surface area contributed by atoms with Crippen LogP contribution in [-0.2, 0) is 11.2 Å². The molecule has 1 aromatic carbocycles. The van der Waals surface area contributed by atoms with Gasteiger partial charge in [0.2, 0.25) is 5.91 Å². The van der Waals surface area contributed by atoms with E-state index in [1.165, 1.54) is 11.1 Å². The zero-order valence-corrected chi connectivity index (χ0v) is 12.1. The minimum absolute atomic E-state index is 0.0855. The molecule has 4 nitrogen and oxygen atoms in total. The lowest BCUT2D eigenvalue weighted by molar-refractivity contribution is -0.130. The lowest BCUT2D eigenvalue weighted by atomic mass is 10.1. The largest absolute Gasteiger partial charge is 0.361 e. The van der Waals surface area contributed by atoms with Crippen LogP contribution in [0.5, 0.6) is 0 Å². The van der Waals surface area contributed by atoms with Crippen molar-refractivity contribution in [2.45, 2.75) is 18.9 Å². The molecular formula is C17H19N3O. The molecule has 2 aromatic rings. The van der Waals surface area contributed by atoms with Crippen LogP contribution in [-0.4, -0.2) is 29.4 Å². The molecule has 1 N–H and O–H groups in total. The maximum atomic E-state index is 12.3. The molecule has 1 amide bonds. The highest BCUT2D eigenvalue weighted by atomic mass is 16.2. The SMILES string of the molecule is CN(C(=O)CNc1ccccn1)C1CCc2ccccc21. The summed E-state index contributed by atoms with van der Waals surface area (Å²) in [6, 6.07) is 14.2. The standard InChI is InChI=1S/C17H19N3O/c1-20(15-10-9-13-6-2-3-7-14(13)15)17(21)12-19-16-8-4-5-11-18-16/h2-8,11,15H,9-10,12H2,1H3,(H,18,19). The van der Waals surface area contributed by atoms with Gasteiger partial charge in [-0.15, -0.1) is 0 Å². The van der Waals surface area contributed by atoms with Gasteiger partial charge in [-0.25, -0.2) is 4.98 Å². The number of pyridine rings is 1. The molecule has 4 heteroatoms. The van der Waals surface area contributed by atoms with E-state index in [9.17, 15) is 4.79 Å². The van der Waals surface area contributed by atoms with Crippen LogP contribution in [0.15, 0.2) is 48.7 Å². The Kier molecular flexibility index (Phi) is 3.86. The van der Waals surface area contributed by atoms with E-state index in [2.05, 4.69) is 28.5 Å². The Balaban J connectivity index is 1.63. The number of likely N-dealkylation sites (N-methyl/N-ethyl adjacent to an activating group) is 1. The van der Waals surface area contributed by atoms with Gasteiger partial charge in [-0.2, -0.15) is 0 Å². The third kappa shape index (κ3) is 2.89. The van der Waals surface area contributed by atoms with Gasteiger partial charge in [-0.1, -0.05) is 30.3 Å². The number of nitrogens with one attached hydrogen (secondary N) is 1. The van der Waals surface area contributed by atoms with E-state index in [-0.39, 0.29) is 18.5 Å². The number of rotatable bonds is 4. The minimum atomic E-state index is 0.0855. The summed E-state index contributed by atoms with van der Waals surface area (Å²) >= 11 is 0. The molecule has 0 saturated carbocycles. The summed E-state index contributed by atoms with van der Waals surface area (Å²) in [4.78, 5) is 18.4. The van der Waals surface area contributed by atoms with Crippen LogP contribution in [0.3, 0.4) is 0 Å². The molecular weight excluding hydrogens is 262 g/mol. The highest BCUT2D eigenvalue weighted by Crippen LogP contribution is 2.34. The molecule has 0 spiro atoms. The van der Waals surface area contributed by atoms with Gasteiger partial charge in [0, 0.05) is 13.2 Å². The summed E-state index contributed by atoms with van der Waals surface area (Å²) in [5.41, 5.74) is 2.64. The summed E-state index contributed by atoms with van der Waals surface area (Å²) in [6.45, 7) is 0.270. The number of amides is 1. The summed E-state index contributed by atoms with van der Waals surface area (Å²) in [7, 11) is 1.88. The number of fused-ring (bicyclic) bond motifs is 1. The van der Waals surface area contributed by atoms with Gasteiger partial charge in [0.05, 0.1) is 12.6 Å². The number of aryl methyl sites for hydroxylation is 1. The molecule has 108 valence electrons. The molecule has 21 heavy (non-hydrogen) atoms. The molecule has 1 atom stereocenters. The highest BCUT2D eigenvalue weighted by Gasteiger charge is 2.27. The van der Waals surface area contributed by atoms with Gasteiger partial charge >= 0.3 is 0 Å². The van der Waals surface area contributed by atoms with Crippen LogP contribution < -0.4 is 5.32 Å². The number of carbonyl (C=O) groups excluding carboxylic acids is 1. The van der Waals surface area contributed by atoms with Crippen LogP contribution in [0.4, 0.5) is 5.82 Å². The molecule has 1 heterocycles. The Morgan fingerprint density at radius 2 is 2.10 bits per heavy atom. The molecule has 0 radical (unpaired) electrons. The van der Waals surface area contributed by atoms with Gasteiger partial charge < -0.3 is 10.2 Å². The monoisotopic (exact) mass is 281 g/mol. The fourth-order valence-electron chi connectivity index (χ4n) is 2.87. The number of carbonyl (C=O) groups is 1. The van der Waals surface area contributed by atoms with E-state index in [4.69, 9.17) is 0 Å². The first kappa shape index (κ1) is 13.6. The summed E-state index contributed by atoms with van der Waals surface area (Å²) < 4.78 is 0. The quantitative estimate of drug-likeness (QED) is 0.937. The number of nitrogens with zero attached hydrogens (tertiary/aromatic N) is 2. The first-order valence-electron chi connectivity index (χ1n) is 7.24. The van der Waals surface area contributed by atoms with Crippen molar-refractivity contribution in [2.75, 3.05) is 18.9 Å². The van der Waals surface area contributed by atoms with E-state index in [1.54, 1.807) is 6.20 Å².